The van der Waals surface area contributed by atoms with Gasteiger partial charge in [0.2, 0.25) is 0 Å². The fourth-order valence-electron chi connectivity index (χ4n) is 2.08. The fourth-order valence-corrected chi connectivity index (χ4v) is 3.60. The van der Waals surface area contributed by atoms with Gasteiger partial charge in [-0.3, -0.25) is 0 Å². The second kappa shape index (κ2) is 8.57. The fraction of sp³-hybridized carbons (Fsp3) is 0.471. The first-order chi connectivity index (χ1) is 10.2. The number of hydrogen-bond acceptors (Lipinski definition) is 4. The number of aryl methyl sites for hydroxylation is 1. The van der Waals surface area contributed by atoms with E-state index in [1.54, 1.807) is 11.3 Å². The highest BCUT2D eigenvalue weighted by Gasteiger charge is 2.05. The summed E-state index contributed by atoms with van der Waals surface area (Å²) in [5, 5.41) is 6.77. The molecule has 0 aliphatic carbocycles. The predicted octanol–water partition coefficient (Wildman–Crippen LogP) is 4.85. The average Bonchev–Trinajstić information content (AvgIpc) is 2.93. The van der Waals surface area contributed by atoms with Crippen LogP contribution in [-0.4, -0.2) is 23.3 Å². The lowest BCUT2D eigenvalue weighted by atomic mass is 10.2. The number of hydrogen-bond donors (Lipinski definition) is 1. The summed E-state index contributed by atoms with van der Waals surface area (Å²) in [5.74, 6) is 1.12. The minimum atomic E-state index is 0.565. The molecule has 2 rings (SSSR count). The van der Waals surface area contributed by atoms with Gasteiger partial charge in [-0.15, -0.1) is 23.1 Å². The summed E-state index contributed by atoms with van der Waals surface area (Å²) in [6, 6.07) is 9.31. The van der Waals surface area contributed by atoms with Crippen LogP contribution < -0.4 is 5.32 Å². The van der Waals surface area contributed by atoms with Crippen LogP contribution in [0.3, 0.4) is 0 Å². The van der Waals surface area contributed by atoms with Crippen molar-refractivity contribution in [3.05, 3.63) is 35.3 Å². The largest absolute Gasteiger partial charge is 0.315 e. The molecule has 1 aromatic carbocycles. The van der Waals surface area contributed by atoms with E-state index in [4.69, 9.17) is 4.98 Å². The molecule has 114 valence electrons. The molecule has 0 spiro atoms. The van der Waals surface area contributed by atoms with Gasteiger partial charge in [-0.05, 0) is 37.3 Å². The smallest absolute Gasteiger partial charge is 0.123 e. The van der Waals surface area contributed by atoms with Crippen LogP contribution in [0.5, 0.6) is 0 Å². The van der Waals surface area contributed by atoms with Gasteiger partial charge < -0.3 is 5.32 Å². The molecular formula is C17H24N2S2. The maximum atomic E-state index is 4.76. The van der Waals surface area contributed by atoms with Crippen molar-refractivity contribution >= 4 is 23.1 Å². The normalized spacial score (nSPS) is 11.2. The second-order valence-corrected chi connectivity index (χ2v) is 7.51. The third kappa shape index (κ3) is 5.46. The van der Waals surface area contributed by atoms with Crippen LogP contribution in [0.2, 0.25) is 0 Å². The number of rotatable bonds is 8. The molecule has 0 aliphatic rings. The van der Waals surface area contributed by atoms with Gasteiger partial charge in [0.25, 0.3) is 0 Å². The van der Waals surface area contributed by atoms with E-state index in [9.17, 15) is 0 Å². The lowest BCUT2D eigenvalue weighted by Gasteiger charge is -2.06. The zero-order valence-electron chi connectivity index (χ0n) is 13.1. The molecule has 2 aromatic rings. The molecule has 0 unspecified atom stereocenters. The van der Waals surface area contributed by atoms with E-state index in [0.29, 0.717) is 6.04 Å². The topological polar surface area (TPSA) is 24.9 Å². The number of benzene rings is 1. The Labute approximate surface area is 136 Å². The lowest BCUT2D eigenvalue weighted by Crippen LogP contribution is -2.23. The Kier molecular flexibility index (Phi) is 6.74. The summed E-state index contributed by atoms with van der Waals surface area (Å²) in [6.07, 6.45) is 2.20. The monoisotopic (exact) mass is 320 g/mol. The van der Waals surface area contributed by atoms with Crippen molar-refractivity contribution in [1.82, 2.24) is 10.3 Å². The first kappa shape index (κ1) is 16.5. The van der Waals surface area contributed by atoms with E-state index >= 15 is 0 Å². The number of nitrogens with zero attached hydrogens (tertiary/aromatic N) is 1. The van der Waals surface area contributed by atoms with Crippen LogP contribution in [0.25, 0.3) is 10.6 Å². The van der Waals surface area contributed by atoms with Crippen molar-refractivity contribution in [2.24, 2.45) is 0 Å². The van der Waals surface area contributed by atoms with Crippen LogP contribution in [0.1, 0.15) is 32.9 Å². The summed E-state index contributed by atoms with van der Waals surface area (Å²) < 4.78 is 0. The van der Waals surface area contributed by atoms with Crippen LogP contribution in [0, 0.1) is 0 Å². The van der Waals surface area contributed by atoms with E-state index in [0.717, 1.165) is 30.1 Å². The average molecular weight is 321 g/mol. The van der Waals surface area contributed by atoms with E-state index in [1.165, 1.54) is 16.2 Å². The van der Waals surface area contributed by atoms with Crippen LogP contribution >= 0.6 is 23.1 Å². The predicted molar refractivity (Wildman–Crippen MR) is 95.4 cm³/mol. The van der Waals surface area contributed by atoms with Crippen molar-refractivity contribution in [3.8, 4) is 10.6 Å². The molecule has 0 radical (unpaired) electrons. The maximum Gasteiger partial charge on any atom is 0.123 e. The van der Waals surface area contributed by atoms with Gasteiger partial charge in [0, 0.05) is 21.9 Å². The lowest BCUT2D eigenvalue weighted by molar-refractivity contribution is 0.569. The molecular weight excluding hydrogens is 296 g/mol. The SMILES string of the molecule is CCSc1ccc(-c2nc(CCCNC(C)C)cs2)cc1. The van der Waals surface area contributed by atoms with Crippen molar-refractivity contribution in [2.45, 2.75) is 44.6 Å². The molecule has 1 aromatic heterocycles. The van der Waals surface area contributed by atoms with Gasteiger partial charge in [0.05, 0.1) is 5.69 Å². The quantitative estimate of drug-likeness (QED) is 0.556. The molecule has 4 heteroatoms. The van der Waals surface area contributed by atoms with Crippen molar-refractivity contribution in [1.29, 1.82) is 0 Å². The number of thioether (sulfide) groups is 1. The van der Waals surface area contributed by atoms with E-state index < -0.39 is 0 Å². The third-order valence-corrected chi connectivity index (χ3v) is 4.96. The first-order valence-corrected chi connectivity index (χ1v) is 9.46. The van der Waals surface area contributed by atoms with Crippen molar-refractivity contribution in [2.75, 3.05) is 12.3 Å². The Morgan fingerprint density at radius 3 is 2.67 bits per heavy atom. The molecule has 0 saturated carbocycles. The minimum absolute atomic E-state index is 0.565. The van der Waals surface area contributed by atoms with Crippen LogP contribution in [-0.2, 0) is 6.42 Å². The Balaban J connectivity index is 1.89. The van der Waals surface area contributed by atoms with E-state index in [-0.39, 0.29) is 0 Å². The summed E-state index contributed by atoms with van der Waals surface area (Å²) in [5.41, 5.74) is 2.44. The summed E-state index contributed by atoms with van der Waals surface area (Å²) >= 11 is 3.62. The van der Waals surface area contributed by atoms with Crippen molar-refractivity contribution in [3.63, 3.8) is 0 Å². The molecule has 0 aliphatic heterocycles. The third-order valence-electron chi connectivity index (χ3n) is 3.13. The van der Waals surface area contributed by atoms with E-state index in [2.05, 4.69) is 55.7 Å². The highest BCUT2D eigenvalue weighted by molar-refractivity contribution is 7.99. The standard InChI is InChI=1S/C17H24N2S2/c1-4-20-16-9-7-14(8-10-16)17-19-15(12-21-17)6-5-11-18-13(2)3/h7-10,12-13,18H,4-6,11H2,1-3H3. The molecule has 21 heavy (non-hydrogen) atoms. The summed E-state index contributed by atoms with van der Waals surface area (Å²) in [4.78, 5) is 6.09. The Bertz CT molecular complexity index is 532. The molecule has 2 nitrogen and oxygen atoms in total. The number of aromatic nitrogens is 1. The first-order valence-electron chi connectivity index (χ1n) is 7.60. The molecule has 0 fully saturated rings. The number of thiazole rings is 1. The summed E-state index contributed by atoms with van der Waals surface area (Å²) in [6.45, 7) is 7.61. The zero-order valence-corrected chi connectivity index (χ0v) is 14.7. The van der Waals surface area contributed by atoms with Gasteiger partial charge in [0.15, 0.2) is 0 Å². The van der Waals surface area contributed by atoms with Gasteiger partial charge in [-0.25, -0.2) is 4.98 Å². The zero-order chi connectivity index (χ0) is 15.1. The van der Waals surface area contributed by atoms with Gasteiger partial charge in [0.1, 0.15) is 5.01 Å². The molecule has 1 heterocycles. The Morgan fingerprint density at radius 2 is 2.00 bits per heavy atom. The van der Waals surface area contributed by atoms with Crippen molar-refractivity contribution < 1.29 is 0 Å². The summed E-state index contributed by atoms with van der Waals surface area (Å²) in [7, 11) is 0. The molecule has 1 N–H and O–H groups in total. The van der Waals surface area contributed by atoms with Gasteiger partial charge in [-0.1, -0.05) is 32.9 Å². The van der Waals surface area contributed by atoms with Crippen LogP contribution in [0.4, 0.5) is 0 Å². The molecule has 0 bridgehead atoms. The maximum absolute atomic E-state index is 4.76. The van der Waals surface area contributed by atoms with Gasteiger partial charge >= 0.3 is 0 Å². The van der Waals surface area contributed by atoms with Crippen LogP contribution in [0.15, 0.2) is 34.5 Å². The number of nitrogens with one attached hydrogen (secondary N) is 1. The Hall–Kier alpha value is -0.840. The Morgan fingerprint density at radius 1 is 1.24 bits per heavy atom. The second-order valence-electron chi connectivity index (χ2n) is 5.31. The van der Waals surface area contributed by atoms with E-state index in [1.807, 2.05) is 11.8 Å². The minimum Gasteiger partial charge on any atom is -0.315 e. The highest BCUT2D eigenvalue weighted by atomic mass is 32.2. The molecule has 0 saturated heterocycles. The molecule has 0 atom stereocenters. The molecule has 0 amide bonds. The highest BCUT2D eigenvalue weighted by Crippen LogP contribution is 2.27. The van der Waals surface area contributed by atoms with Gasteiger partial charge in [-0.2, -0.15) is 0 Å².